The summed E-state index contributed by atoms with van der Waals surface area (Å²) in [7, 11) is 4.03. The third kappa shape index (κ3) is 4.73. The molecule has 0 aliphatic carbocycles. The Bertz CT molecular complexity index is 1530. The number of imidazole rings is 1. The largest absolute Gasteiger partial charge is 0.378 e. The van der Waals surface area contributed by atoms with Gasteiger partial charge in [-0.15, -0.1) is 0 Å². The van der Waals surface area contributed by atoms with Gasteiger partial charge in [0, 0.05) is 37.5 Å². The first-order chi connectivity index (χ1) is 18.0. The van der Waals surface area contributed by atoms with E-state index in [1.807, 2.05) is 86.2 Å². The molecule has 5 rings (SSSR count). The van der Waals surface area contributed by atoms with Gasteiger partial charge >= 0.3 is 0 Å². The lowest BCUT2D eigenvalue weighted by Gasteiger charge is -2.18. The molecule has 1 unspecified atom stereocenters. The monoisotopic (exact) mass is 488 g/mol. The second-order valence-corrected chi connectivity index (χ2v) is 9.45. The number of anilines is 1. The van der Waals surface area contributed by atoms with Gasteiger partial charge in [-0.2, -0.15) is 0 Å². The normalized spacial score (nSPS) is 11.9. The number of carbonyl (C=O) groups excluding carboxylic acids is 1. The average molecular weight is 489 g/mol. The first-order valence-electron chi connectivity index (χ1n) is 12.7. The molecule has 0 saturated carbocycles. The average Bonchev–Trinajstić information content (AvgIpc) is 3.33. The molecule has 0 spiro atoms. The fourth-order valence-corrected chi connectivity index (χ4v) is 4.89. The highest BCUT2D eigenvalue weighted by Gasteiger charge is 2.26. The van der Waals surface area contributed by atoms with Crippen molar-refractivity contribution >= 4 is 22.4 Å². The maximum Gasteiger partial charge on any atom is 0.270 e. The predicted octanol–water partition coefficient (Wildman–Crippen LogP) is 6.95. The van der Waals surface area contributed by atoms with Gasteiger partial charge in [0.15, 0.2) is 0 Å². The molecule has 5 heteroatoms. The van der Waals surface area contributed by atoms with Gasteiger partial charge in [0.05, 0.1) is 6.04 Å². The minimum absolute atomic E-state index is 0.136. The van der Waals surface area contributed by atoms with Crippen LogP contribution < -0.4 is 10.2 Å². The van der Waals surface area contributed by atoms with Crippen molar-refractivity contribution in [3.63, 3.8) is 0 Å². The Labute approximate surface area is 218 Å². The van der Waals surface area contributed by atoms with Crippen LogP contribution in [0.2, 0.25) is 0 Å². The lowest BCUT2D eigenvalue weighted by atomic mass is 9.99. The van der Waals surface area contributed by atoms with Crippen LogP contribution in [-0.4, -0.2) is 29.6 Å². The molecule has 0 aliphatic heterocycles. The predicted molar refractivity (Wildman–Crippen MR) is 153 cm³/mol. The van der Waals surface area contributed by atoms with Crippen LogP contribution in [0.1, 0.15) is 35.9 Å². The maximum absolute atomic E-state index is 14.0. The van der Waals surface area contributed by atoms with E-state index >= 15 is 0 Å². The van der Waals surface area contributed by atoms with E-state index in [9.17, 15) is 4.79 Å². The molecule has 0 fully saturated rings. The first-order valence-corrected chi connectivity index (χ1v) is 12.7. The SMILES string of the molecule is CCn1c(-c2ccccc2)nc(-c2ccc(N(C)C)cc2)c1C(=O)NC(C)c1cccc2ccccc12. The zero-order valence-electron chi connectivity index (χ0n) is 21.8. The van der Waals surface area contributed by atoms with Crippen molar-refractivity contribution in [1.82, 2.24) is 14.9 Å². The summed E-state index contributed by atoms with van der Waals surface area (Å²) in [6, 6.07) is 32.6. The summed E-state index contributed by atoms with van der Waals surface area (Å²) >= 11 is 0. The van der Waals surface area contributed by atoms with Crippen molar-refractivity contribution < 1.29 is 4.79 Å². The van der Waals surface area contributed by atoms with Crippen molar-refractivity contribution in [2.24, 2.45) is 0 Å². The third-order valence-electron chi connectivity index (χ3n) is 6.83. The second-order valence-electron chi connectivity index (χ2n) is 9.45. The number of hydrogen-bond acceptors (Lipinski definition) is 3. The van der Waals surface area contributed by atoms with E-state index in [2.05, 4.69) is 53.5 Å². The second kappa shape index (κ2) is 10.3. The van der Waals surface area contributed by atoms with Gasteiger partial charge in [-0.05, 0) is 42.3 Å². The standard InChI is InChI=1S/C32H32N4O/c1-5-36-30(32(37)33-22(2)27-17-11-15-23-12-9-10-16-28(23)27)29(24-18-20-26(21-19-24)35(3)4)34-31(36)25-13-7-6-8-14-25/h6-22H,5H2,1-4H3,(H,33,37). The molecule has 186 valence electrons. The summed E-state index contributed by atoms with van der Waals surface area (Å²) in [5, 5.41) is 5.58. The maximum atomic E-state index is 14.0. The Kier molecular flexibility index (Phi) is 6.78. The number of benzene rings is 4. The number of fused-ring (bicyclic) bond motifs is 1. The van der Waals surface area contributed by atoms with Crippen LogP contribution in [-0.2, 0) is 6.54 Å². The van der Waals surface area contributed by atoms with Crippen molar-refractivity contribution in [3.05, 3.63) is 108 Å². The molecule has 0 aliphatic rings. The molecule has 5 nitrogen and oxygen atoms in total. The van der Waals surface area contributed by atoms with Crippen LogP contribution in [0.5, 0.6) is 0 Å². The minimum Gasteiger partial charge on any atom is -0.378 e. The lowest BCUT2D eigenvalue weighted by molar-refractivity contribution is 0.0931. The quantitative estimate of drug-likeness (QED) is 0.270. The number of nitrogens with one attached hydrogen (secondary N) is 1. The zero-order valence-corrected chi connectivity index (χ0v) is 21.8. The van der Waals surface area contributed by atoms with Gasteiger partial charge in [-0.3, -0.25) is 4.79 Å². The highest BCUT2D eigenvalue weighted by atomic mass is 16.2. The molecular formula is C32H32N4O. The van der Waals surface area contributed by atoms with Crippen LogP contribution in [0.4, 0.5) is 5.69 Å². The third-order valence-corrected chi connectivity index (χ3v) is 6.83. The summed E-state index contributed by atoms with van der Waals surface area (Å²) in [4.78, 5) is 21.1. The number of nitrogens with zero attached hydrogens (tertiary/aromatic N) is 3. The number of amides is 1. The van der Waals surface area contributed by atoms with E-state index in [1.54, 1.807) is 0 Å². The number of hydrogen-bond donors (Lipinski definition) is 1. The number of rotatable bonds is 7. The fourth-order valence-electron chi connectivity index (χ4n) is 4.89. The van der Waals surface area contributed by atoms with Gasteiger partial charge in [-0.25, -0.2) is 4.98 Å². The van der Waals surface area contributed by atoms with E-state index in [0.29, 0.717) is 17.9 Å². The van der Waals surface area contributed by atoms with E-state index in [1.165, 1.54) is 0 Å². The topological polar surface area (TPSA) is 50.2 Å². The van der Waals surface area contributed by atoms with Crippen molar-refractivity contribution in [1.29, 1.82) is 0 Å². The smallest absolute Gasteiger partial charge is 0.270 e. The molecule has 1 aromatic heterocycles. The van der Waals surface area contributed by atoms with Crippen LogP contribution in [0.3, 0.4) is 0 Å². The van der Waals surface area contributed by atoms with Gasteiger partial charge in [0.1, 0.15) is 17.2 Å². The fraction of sp³-hybridized carbons (Fsp3) is 0.188. The molecular weight excluding hydrogens is 456 g/mol. The lowest BCUT2D eigenvalue weighted by Crippen LogP contribution is -2.29. The van der Waals surface area contributed by atoms with Crippen LogP contribution in [0.25, 0.3) is 33.4 Å². The summed E-state index contributed by atoms with van der Waals surface area (Å²) in [5.41, 5.74) is 5.35. The van der Waals surface area contributed by atoms with Crippen molar-refractivity contribution in [3.8, 4) is 22.6 Å². The summed E-state index contributed by atoms with van der Waals surface area (Å²) in [6.45, 7) is 4.71. The highest BCUT2D eigenvalue weighted by molar-refractivity contribution is 6.00. The van der Waals surface area contributed by atoms with Crippen LogP contribution in [0, 0.1) is 0 Å². The van der Waals surface area contributed by atoms with Gasteiger partial charge in [0.25, 0.3) is 5.91 Å². The summed E-state index contributed by atoms with van der Waals surface area (Å²) in [5.74, 6) is 0.654. The van der Waals surface area contributed by atoms with Gasteiger partial charge < -0.3 is 14.8 Å². The van der Waals surface area contributed by atoms with E-state index < -0.39 is 0 Å². The minimum atomic E-state index is -0.178. The Hall–Kier alpha value is -4.38. The molecule has 1 N–H and O–H groups in total. The number of carbonyl (C=O) groups is 1. The molecule has 0 saturated heterocycles. The van der Waals surface area contributed by atoms with E-state index in [-0.39, 0.29) is 11.9 Å². The van der Waals surface area contributed by atoms with E-state index in [0.717, 1.165) is 39.0 Å². The van der Waals surface area contributed by atoms with Crippen molar-refractivity contribution in [2.45, 2.75) is 26.4 Å². The molecule has 5 aromatic rings. The molecule has 1 atom stereocenters. The molecule has 0 bridgehead atoms. The molecule has 0 radical (unpaired) electrons. The Morgan fingerprint density at radius 1 is 0.865 bits per heavy atom. The molecule has 37 heavy (non-hydrogen) atoms. The van der Waals surface area contributed by atoms with Gasteiger partial charge in [-0.1, -0.05) is 84.9 Å². The van der Waals surface area contributed by atoms with Gasteiger partial charge in [0.2, 0.25) is 0 Å². The van der Waals surface area contributed by atoms with E-state index in [4.69, 9.17) is 4.98 Å². The Balaban J connectivity index is 1.59. The Morgan fingerprint density at radius 3 is 2.24 bits per heavy atom. The molecule has 1 heterocycles. The Morgan fingerprint density at radius 2 is 1.54 bits per heavy atom. The first kappa shape index (κ1) is 24.3. The number of aromatic nitrogens is 2. The molecule has 4 aromatic carbocycles. The van der Waals surface area contributed by atoms with Crippen LogP contribution >= 0.6 is 0 Å². The summed E-state index contributed by atoms with van der Waals surface area (Å²) < 4.78 is 2.02. The van der Waals surface area contributed by atoms with Crippen LogP contribution in [0.15, 0.2) is 97.1 Å². The summed E-state index contributed by atoms with van der Waals surface area (Å²) in [6.07, 6.45) is 0. The van der Waals surface area contributed by atoms with Crippen molar-refractivity contribution in [2.75, 3.05) is 19.0 Å². The highest BCUT2D eigenvalue weighted by Crippen LogP contribution is 2.32. The zero-order chi connectivity index (χ0) is 25.9. The molecule has 1 amide bonds.